The zero-order valence-corrected chi connectivity index (χ0v) is 31.5. The van der Waals surface area contributed by atoms with E-state index >= 15 is 0 Å². The number of carbonyl (C=O) groups is 3. The molecular formula is C44H51N3O6. The largest absolute Gasteiger partial charge is 0.490 e. The molecule has 278 valence electrons. The van der Waals surface area contributed by atoms with Crippen molar-refractivity contribution in [3.63, 3.8) is 0 Å². The summed E-state index contributed by atoms with van der Waals surface area (Å²) in [4.78, 5) is 44.0. The predicted octanol–water partition coefficient (Wildman–Crippen LogP) is 8.40. The van der Waals surface area contributed by atoms with Gasteiger partial charge in [0.2, 0.25) is 0 Å². The van der Waals surface area contributed by atoms with E-state index in [1.807, 2.05) is 135 Å². The van der Waals surface area contributed by atoms with Gasteiger partial charge in [0.05, 0.1) is 0 Å². The van der Waals surface area contributed by atoms with Crippen LogP contribution in [0.1, 0.15) is 78.3 Å². The van der Waals surface area contributed by atoms with E-state index in [1.165, 1.54) is 0 Å². The Hall–Kier alpha value is -5.31. The summed E-state index contributed by atoms with van der Waals surface area (Å²) in [7, 11) is 1.77. The summed E-state index contributed by atoms with van der Waals surface area (Å²) in [6.45, 7) is 10.6. The molecule has 2 aliphatic heterocycles. The first-order chi connectivity index (χ1) is 25.4. The molecule has 0 bridgehead atoms. The lowest BCUT2D eigenvalue weighted by atomic mass is 10.0. The fourth-order valence-electron chi connectivity index (χ4n) is 6.75. The molecule has 53 heavy (non-hydrogen) atoms. The van der Waals surface area contributed by atoms with Gasteiger partial charge in [0.15, 0.2) is 0 Å². The first-order valence-corrected chi connectivity index (χ1v) is 18.6. The Balaban J connectivity index is 0.924. The van der Waals surface area contributed by atoms with Crippen LogP contribution in [0.25, 0.3) is 11.1 Å². The van der Waals surface area contributed by atoms with Crippen molar-refractivity contribution in [3.8, 4) is 22.6 Å². The average Bonchev–Trinajstić information content (AvgIpc) is 3.17. The van der Waals surface area contributed by atoms with Crippen LogP contribution in [0, 0.1) is 6.92 Å². The molecule has 9 nitrogen and oxygen atoms in total. The van der Waals surface area contributed by atoms with Crippen molar-refractivity contribution in [2.75, 3.05) is 33.2 Å². The maximum atomic E-state index is 13.3. The zero-order chi connectivity index (χ0) is 37.5. The lowest BCUT2D eigenvalue weighted by Gasteiger charge is -2.37. The quantitative estimate of drug-likeness (QED) is 0.173. The van der Waals surface area contributed by atoms with Crippen LogP contribution in [-0.4, -0.2) is 83.6 Å². The molecule has 3 amide bonds. The van der Waals surface area contributed by atoms with Crippen molar-refractivity contribution in [1.29, 1.82) is 0 Å². The fourth-order valence-corrected chi connectivity index (χ4v) is 6.75. The second kappa shape index (κ2) is 16.6. The van der Waals surface area contributed by atoms with Crippen molar-refractivity contribution < 1.29 is 28.6 Å². The van der Waals surface area contributed by atoms with E-state index in [0.717, 1.165) is 52.2 Å². The zero-order valence-electron chi connectivity index (χ0n) is 31.5. The third kappa shape index (κ3) is 9.97. The molecule has 2 fully saturated rings. The van der Waals surface area contributed by atoms with Gasteiger partial charge in [0, 0.05) is 63.2 Å². The van der Waals surface area contributed by atoms with Gasteiger partial charge in [-0.25, -0.2) is 4.79 Å². The first-order valence-electron chi connectivity index (χ1n) is 18.6. The first kappa shape index (κ1) is 37.4. The van der Waals surface area contributed by atoms with Crippen LogP contribution in [0.15, 0.2) is 97.1 Å². The molecule has 9 heteroatoms. The average molecular weight is 718 g/mol. The number of aryl methyl sites for hydroxylation is 1. The summed E-state index contributed by atoms with van der Waals surface area (Å²) in [5.74, 6) is 1.68. The van der Waals surface area contributed by atoms with Crippen LogP contribution in [0.4, 0.5) is 4.79 Å². The Bertz CT molecular complexity index is 1830. The van der Waals surface area contributed by atoms with Crippen molar-refractivity contribution in [2.24, 2.45) is 0 Å². The number of likely N-dealkylation sites (tertiary alicyclic amines) is 2. The monoisotopic (exact) mass is 717 g/mol. The lowest BCUT2D eigenvalue weighted by molar-refractivity contribution is 0.0155. The van der Waals surface area contributed by atoms with Crippen molar-refractivity contribution in [1.82, 2.24) is 14.7 Å². The van der Waals surface area contributed by atoms with Gasteiger partial charge in [-0.15, -0.1) is 0 Å². The van der Waals surface area contributed by atoms with Gasteiger partial charge in [0.1, 0.15) is 29.8 Å². The van der Waals surface area contributed by atoms with Crippen LogP contribution in [-0.2, 0) is 11.3 Å². The number of hydrogen-bond donors (Lipinski definition) is 0. The summed E-state index contributed by atoms with van der Waals surface area (Å²) >= 11 is 0. The summed E-state index contributed by atoms with van der Waals surface area (Å²) < 4.78 is 17.8. The Kier molecular flexibility index (Phi) is 11.7. The lowest BCUT2D eigenvalue weighted by Crippen LogP contribution is -2.48. The molecule has 4 aromatic rings. The van der Waals surface area contributed by atoms with Crippen molar-refractivity contribution in [2.45, 2.75) is 77.7 Å². The summed E-state index contributed by atoms with van der Waals surface area (Å²) in [6.07, 6.45) is 2.79. The van der Waals surface area contributed by atoms with E-state index in [0.29, 0.717) is 51.2 Å². The van der Waals surface area contributed by atoms with Gasteiger partial charge in [-0.05, 0) is 106 Å². The van der Waals surface area contributed by atoms with E-state index in [4.69, 9.17) is 14.2 Å². The Morgan fingerprint density at radius 2 is 1.13 bits per heavy atom. The molecule has 0 N–H and O–H groups in total. The summed E-state index contributed by atoms with van der Waals surface area (Å²) in [5.41, 5.74) is 5.09. The number of hydrogen-bond acceptors (Lipinski definition) is 6. The van der Waals surface area contributed by atoms with E-state index in [-0.39, 0.29) is 30.1 Å². The third-order valence-electron chi connectivity index (χ3n) is 9.96. The second-order valence-electron chi connectivity index (χ2n) is 15.1. The minimum atomic E-state index is -0.539. The normalized spacial score (nSPS) is 15.5. The molecule has 0 aliphatic carbocycles. The van der Waals surface area contributed by atoms with Gasteiger partial charge in [-0.2, -0.15) is 0 Å². The van der Waals surface area contributed by atoms with E-state index in [1.54, 1.807) is 11.9 Å². The molecular weight excluding hydrogens is 666 g/mol. The maximum Gasteiger partial charge on any atom is 0.410 e. The molecule has 4 aromatic carbocycles. The van der Waals surface area contributed by atoms with Crippen LogP contribution in [0.3, 0.4) is 0 Å². The minimum Gasteiger partial charge on any atom is -0.490 e. The van der Waals surface area contributed by atoms with Crippen LogP contribution in [0.5, 0.6) is 11.5 Å². The Labute approximate surface area is 313 Å². The van der Waals surface area contributed by atoms with Gasteiger partial charge < -0.3 is 28.9 Å². The Morgan fingerprint density at radius 1 is 0.660 bits per heavy atom. The van der Waals surface area contributed by atoms with Gasteiger partial charge in [-0.1, -0.05) is 54.1 Å². The predicted molar refractivity (Wildman–Crippen MR) is 206 cm³/mol. The third-order valence-corrected chi connectivity index (χ3v) is 9.96. The molecule has 0 spiro atoms. The number of rotatable bonds is 9. The van der Waals surface area contributed by atoms with Gasteiger partial charge >= 0.3 is 6.09 Å². The van der Waals surface area contributed by atoms with Crippen LogP contribution < -0.4 is 9.47 Å². The molecule has 6 rings (SSSR count). The molecule has 0 aromatic heterocycles. The SMILES string of the molecule is Cc1ccc(C(=O)N2CCC(Oc3ccc(COc4ccc(-c5ccc(C(=O)N6CCC(N(C)C(=O)OC(C)(C)C)CC6)cc5)cc4)cc3)CC2)cc1. The highest BCUT2D eigenvalue weighted by atomic mass is 16.6. The smallest absolute Gasteiger partial charge is 0.410 e. The van der Waals surface area contributed by atoms with E-state index in [9.17, 15) is 14.4 Å². The summed E-state index contributed by atoms with van der Waals surface area (Å²) in [6, 6.07) is 31.5. The molecule has 0 unspecified atom stereocenters. The number of amides is 3. The topological polar surface area (TPSA) is 88.6 Å². The van der Waals surface area contributed by atoms with Crippen LogP contribution >= 0.6 is 0 Å². The molecule has 0 saturated carbocycles. The van der Waals surface area contributed by atoms with E-state index in [2.05, 4.69) is 0 Å². The standard InChI is InChI=1S/C44H51N3O6/c1-31-6-10-35(11-7-31)41(48)47-28-24-40(25-29-47)52-39-18-8-32(9-19-39)30-51-38-20-16-34(17-21-38)33-12-14-36(15-13-33)42(49)46-26-22-37(23-27-46)45(5)43(50)53-44(2,3)4/h6-21,37,40H,22-30H2,1-5H3. The molecule has 2 heterocycles. The van der Waals surface area contributed by atoms with Crippen molar-refractivity contribution >= 4 is 17.9 Å². The highest BCUT2D eigenvalue weighted by Gasteiger charge is 2.30. The van der Waals surface area contributed by atoms with Gasteiger partial charge in [-0.3, -0.25) is 9.59 Å². The number of piperidine rings is 2. The molecule has 0 radical (unpaired) electrons. The maximum absolute atomic E-state index is 13.3. The fraction of sp³-hybridized carbons (Fsp3) is 0.386. The number of nitrogens with zero attached hydrogens (tertiary/aromatic N) is 3. The summed E-state index contributed by atoms with van der Waals surface area (Å²) in [5, 5.41) is 0. The number of ether oxygens (including phenoxy) is 3. The highest BCUT2D eigenvalue weighted by Crippen LogP contribution is 2.26. The minimum absolute atomic E-state index is 0.00542. The highest BCUT2D eigenvalue weighted by molar-refractivity contribution is 5.95. The molecule has 0 atom stereocenters. The van der Waals surface area contributed by atoms with Crippen molar-refractivity contribution in [3.05, 3.63) is 119 Å². The Morgan fingerprint density at radius 3 is 1.66 bits per heavy atom. The number of benzene rings is 4. The molecule has 2 aliphatic rings. The number of carbonyl (C=O) groups excluding carboxylic acids is 3. The molecule has 2 saturated heterocycles. The van der Waals surface area contributed by atoms with Gasteiger partial charge in [0.25, 0.3) is 11.8 Å². The second-order valence-corrected chi connectivity index (χ2v) is 15.1. The van der Waals surface area contributed by atoms with Crippen LogP contribution in [0.2, 0.25) is 0 Å². The van der Waals surface area contributed by atoms with E-state index < -0.39 is 5.60 Å².